The number of aryl methyl sites for hydroxylation is 1. The maximum absolute atomic E-state index is 12.8. The van der Waals surface area contributed by atoms with Crippen molar-refractivity contribution in [3.05, 3.63) is 65.9 Å². The first-order valence-corrected chi connectivity index (χ1v) is 11.4. The maximum atomic E-state index is 12.8. The van der Waals surface area contributed by atoms with Crippen molar-refractivity contribution in [2.75, 3.05) is 44.8 Å². The summed E-state index contributed by atoms with van der Waals surface area (Å²) in [6.45, 7) is 4.58. The lowest BCUT2D eigenvalue weighted by atomic mass is 10.1. The van der Waals surface area contributed by atoms with Gasteiger partial charge in [0.2, 0.25) is 0 Å². The van der Waals surface area contributed by atoms with Gasteiger partial charge in [0, 0.05) is 56.3 Å². The third-order valence-electron chi connectivity index (χ3n) is 5.79. The van der Waals surface area contributed by atoms with Gasteiger partial charge in [-0.05, 0) is 55.0 Å². The van der Waals surface area contributed by atoms with Gasteiger partial charge in [-0.25, -0.2) is 0 Å². The summed E-state index contributed by atoms with van der Waals surface area (Å²) >= 11 is 0. The zero-order valence-corrected chi connectivity index (χ0v) is 19.3. The number of hydrogen-bond donors (Lipinski definition) is 1. The van der Waals surface area contributed by atoms with Crippen LogP contribution in [0.3, 0.4) is 0 Å². The molecule has 4 rings (SSSR count). The molecule has 0 atom stereocenters. The van der Waals surface area contributed by atoms with Crippen LogP contribution in [0.5, 0.6) is 5.75 Å². The molecular formula is C25H27F3N4O3. The van der Waals surface area contributed by atoms with E-state index in [9.17, 15) is 18.0 Å². The lowest BCUT2D eigenvalue weighted by Gasteiger charge is -2.20. The van der Waals surface area contributed by atoms with Crippen LogP contribution in [-0.2, 0) is 18.0 Å². The molecule has 1 amide bonds. The molecule has 1 aliphatic heterocycles. The normalized spacial score (nSPS) is 15.0. The van der Waals surface area contributed by atoms with Gasteiger partial charge in [0.05, 0.1) is 17.9 Å². The van der Waals surface area contributed by atoms with E-state index in [1.165, 1.54) is 0 Å². The molecule has 0 unspecified atom stereocenters. The molecule has 1 N–H and O–H groups in total. The first-order chi connectivity index (χ1) is 16.8. The molecule has 3 aromatic rings. The van der Waals surface area contributed by atoms with Gasteiger partial charge in [0.15, 0.2) is 0 Å². The van der Waals surface area contributed by atoms with Crippen LogP contribution in [0.2, 0.25) is 0 Å². The summed E-state index contributed by atoms with van der Waals surface area (Å²) in [6, 6.07) is 11.2. The minimum absolute atomic E-state index is 0.127. The minimum Gasteiger partial charge on any atom is -0.492 e. The number of ether oxygens (including phenoxy) is 2. The van der Waals surface area contributed by atoms with Gasteiger partial charge < -0.3 is 14.8 Å². The van der Waals surface area contributed by atoms with Crippen molar-refractivity contribution in [2.45, 2.75) is 12.6 Å². The molecule has 1 aliphatic rings. The number of nitrogens with zero attached hydrogens (tertiary/aromatic N) is 3. The molecule has 0 bridgehead atoms. The number of alkyl halides is 3. The van der Waals surface area contributed by atoms with Crippen LogP contribution >= 0.6 is 0 Å². The zero-order chi connectivity index (χ0) is 24.8. The SMILES string of the molecule is Cn1nccc1-c1cc(NC(=O)c2ccc(C(F)(F)F)cc2)ccc1OCCN1CCCOCC1. The van der Waals surface area contributed by atoms with E-state index < -0.39 is 17.6 Å². The van der Waals surface area contributed by atoms with E-state index >= 15 is 0 Å². The fraction of sp³-hybridized carbons (Fsp3) is 0.360. The van der Waals surface area contributed by atoms with Crippen LogP contribution in [0.25, 0.3) is 11.3 Å². The summed E-state index contributed by atoms with van der Waals surface area (Å²) in [6.07, 6.45) is -1.79. The number of carbonyl (C=O) groups excluding carboxylic acids is 1. The smallest absolute Gasteiger partial charge is 0.416 e. The number of nitrogens with one attached hydrogen (secondary N) is 1. The Morgan fingerprint density at radius 3 is 2.63 bits per heavy atom. The summed E-state index contributed by atoms with van der Waals surface area (Å²) < 4.78 is 51.7. The van der Waals surface area contributed by atoms with Gasteiger partial charge in [-0.3, -0.25) is 14.4 Å². The topological polar surface area (TPSA) is 68.6 Å². The van der Waals surface area contributed by atoms with Crippen molar-refractivity contribution in [3.63, 3.8) is 0 Å². The van der Waals surface area contributed by atoms with E-state index in [-0.39, 0.29) is 5.56 Å². The summed E-state index contributed by atoms with van der Waals surface area (Å²) in [4.78, 5) is 14.9. The molecule has 1 fully saturated rings. The van der Waals surface area contributed by atoms with Gasteiger partial charge in [-0.15, -0.1) is 0 Å². The van der Waals surface area contributed by atoms with Crippen LogP contribution in [-0.4, -0.2) is 60.0 Å². The molecule has 1 aromatic heterocycles. The van der Waals surface area contributed by atoms with E-state index in [0.717, 1.165) is 68.2 Å². The minimum atomic E-state index is -4.45. The van der Waals surface area contributed by atoms with Gasteiger partial charge in [-0.2, -0.15) is 18.3 Å². The predicted molar refractivity (Wildman–Crippen MR) is 125 cm³/mol. The van der Waals surface area contributed by atoms with E-state index in [0.29, 0.717) is 24.7 Å². The Balaban J connectivity index is 1.48. The molecule has 186 valence electrons. The Labute approximate surface area is 201 Å². The third kappa shape index (κ3) is 6.40. The van der Waals surface area contributed by atoms with Crippen molar-refractivity contribution >= 4 is 11.6 Å². The molecule has 2 heterocycles. The van der Waals surface area contributed by atoms with Gasteiger partial charge >= 0.3 is 6.18 Å². The average Bonchev–Trinajstić information content (AvgIpc) is 3.09. The summed E-state index contributed by atoms with van der Waals surface area (Å²) in [7, 11) is 1.81. The predicted octanol–water partition coefficient (Wildman–Crippen LogP) is 4.46. The van der Waals surface area contributed by atoms with Crippen LogP contribution < -0.4 is 10.1 Å². The first kappa shape index (κ1) is 24.7. The second kappa shape index (κ2) is 10.9. The van der Waals surface area contributed by atoms with Gasteiger partial charge in [0.25, 0.3) is 5.91 Å². The molecule has 0 radical (unpaired) electrons. The molecule has 0 aliphatic carbocycles. The monoisotopic (exact) mass is 488 g/mol. The van der Waals surface area contributed by atoms with Crippen LogP contribution in [0.4, 0.5) is 18.9 Å². The Bertz CT molecular complexity index is 1140. The van der Waals surface area contributed by atoms with E-state index in [1.807, 2.05) is 13.1 Å². The molecule has 1 saturated heterocycles. The Morgan fingerprint density at radius 1 is 1.11 bits per heavy atom. The number of anilines is 1. The van der Waals surface area contributed by atoms with Gasteiger partial charge in [-0.1, -0.05) is 0 Å². The average molecular weight is 489 g/mol. The quantitative estimate of drug-likeness (QED) is 0.532. The standard InChI is InChI=1S/C25H27F3N4O3/c1-31-22(9-10-29-31)21-17-20(30-24(33)18-3-5-19(6-4-18)25(26,27)28)7-8-23(21)35-16-13-32-11-2-14-34-15-12-32/h3-10,17H,2,11-16H2,1H3,(H,30,33). The second-order valence-corrected chi connectivity index (χ2v) is 8.24. The maximum Gasteiger partial charge on any atom is 0.416 e. The van der Waals surface area contributed by atoms with Crippen molar-refractivity contribution < 1.29 is 27.4 Å². The highest BCUT2D eigenvalue weighted by Gasteiger charge is 2.30. The highest BCUT2D eigenvalue weighted by atomic mass is 19.4. The highest BCUT2D eigenvalue weighted by Crippen LogP contribution is 2.33. The first-order valence-electron chi connectivity index (χ1n) is 11.4. The van der Waals surface area contributed by atoms with Crippen molar-refractivity contribution in [3.8, 4) is 17.0 Å². The van der Waals surface area contributed by atoms with E-state index in [2.05, 4.69) is 15.3 Å². The lowest BCUT2D eigenvalue weighted by molar-refractivity contribution is -0.137. The molecule has 0 spiro atoms. The fourth-order valence-corrected chi connectivity index (χ4v) is 3.89. The molecular weight excluding hydrogens is 461 g/mol. The zero-order valence-electron chi connectivity index (χ0n) is 19.3. The molecule has 0 saturated carbocycles. The fourth-order valence-electron chi connectivity index (χ4n) is 3.89. The number of hydrogen-bond acceptors (Lipinski definition) is 5. The number of carbonyl (C=O) groups is 1. The summed E-state index contributed by atoms with van der Waals surface area (Å²) in [5, 5.41) is 6.98. The number of amides is 1. The highest BCUT2D eigenvalue weighted by molar-refractivity contribution is 6.04. The largest absolute Gasteiger partial charge is 0.492 e. The van der Waals surface area contributed by atoms with E-state index in [1.54, 1.807) is 29.1 Å². The van der Waals surface area contributed by atoms with Crippen LogP contribution in [0.15, 0.2) is 54.7 Å². The number of aromatic nitrogens is 2. The third-order valence-corrected chi connectivity index (χ3v) is 5.79. The van der Waals surface area contributed by atoms with Crippen molar-refractivity contribution in [1.82, 2.24) is 14.7 Å². The van der Waals surface area contributed by atoms with Crippen LogP contribution in [0, 0.1) is 0 Å². The Morgan fingerprint density at radius 2 is 1.91 bits per heavy atom. The number of benzene rings is 2. The van der Waals surface area contributed by atoms with Gasteiger partial charge in [0.1, 0.15) is 12.4 Å². The second-order valence-electron chi connectivity index (χ2n) is 8.24. The van der Waals surface area contributed by atoms with Crippen LogP contribution in [0.1, 0.15) is 22.3 Å². The number of halogens is 3. The Hall–Kier alpha value is -3.37. The van der Waals surface area contributed by atoms with Crippen molar-refractivity contribution in [1.29, 1.82) is 0 Å². The summed E-state index contributed by atoms with van der Waals surface area (Å²) in [5.41, 5.74) is 1.36. The summed E-state index contributed by atoms with van der Waals surface area (Å²) in [5.74, 6) is 0.138. The number of rotatable bonds is 7. The van der Waals surface area contributed by atoms with Crippen molar-refractivity contribution in [2.24, 2.45) is 7.05 Å². The van der Waals surface area contributed by atoms with E-state index in [4.69, 9.17) is 9.47 Å². The lowest BCUT2D eigenvalue weighted by Crippen LogP contribution is -2.30. The molecule has 7 nitrogen and oxygen atoms in total. The molecule has 10 heteroatoms. The Kier molecular flexibility index (Phi) is 7.72. The molecule has 2 aromatic carbocycles. The molecule has 35 heavy (non-hydrogen) atoms.